The Labute approximate surface area is 191 Å². The van der Waals surface area contributed by atoms with Gasteiger partial charge in [0.25, 0.3) is 5.91 Å². The van der Waals surface area contributed by atoms with Crippen molar-refractivity contribution in [3.05, 3.63) is 36.5 Å². The zero-order valence-electron chi connectivity index (χ0n) is 19.3. The summed E-state index contributed by atoms with van der Waals surface area (Å²) in [6, 6.07) is 2.30. The lowest BCUT2D eigenvalue weighted by molar-refractivity contribution is 0.0957. The second kappa shape index (κ2) is 8.02. The molecule has 0 unspecified atom stereocenters. The molecule has 5 rings (SSSR count). The lowest BCUT2D eigenvalue weighted by Crippen LogP contribution is -2.30. The van der Waals surface area contributed by atoms with Gasteiger partial charge in [0.05, 0.1) is 13.3 Å². The molecule has 0 aliphatic heterocycles. The predicted molar refractivity (Wildman–Crippen MR) is 125 cm³/mol. The summed E-state index contributed by atoms with van der Waals surface area (Å²) < 4.78 is 9.09. The number of aromatic nitrogens is 6. The maximum absolute atomic E-state index is 12.2. The van der Waals surface area contributed by atoms with Gasteiger partial charge in [0.1, 0.15) is 11.2 Å². The molecule has 1 amide bonds. The maximum Gasteiger partial charge on any atom is 0.269 e. The van der Waals surface area contributed by atoms with E-state index in [0.717, 1.165) is 29.5 Å². The van der Waals surface area contributed by atoms with Crippen LogP contribution in [0, 0.1) is 5.41 Å². The first-order valence-corrected chi connectivity index (χ1v) is 11.1. The smallest absolute Gasteiger partial charge is 0.269 e. The number of amides is 1. The molecule has 10 heteroatoms. The molecule has 0 bridgehead atoms. The Morgan fingerprint density at radius 2 is 1.97 bits per heavy atom. The van der Waals surface area contributed by atoms with Crippen molar-refractivity contribution in [2.75, 3.05) is 19.5 Å². The van der Waals surface area contributed by atoms with E-state index in [2.05, 4.69) is 44.5 Å². The fraction of sp³-hybridized carbons (Fsp3) is 0.435. The summed E-state index contributed by atoms with van der Waals surface area (Å²) in [4.78, 5) is 25.5. The molecule has 0 aromatic carbocycles. The number of carbonyl (C=O) groups excluding carboxylic acids is 1. The Bertz CT molecular complexity index is 1330. The Morgan fingerprint density at radius 1 is 1.21 bits per heavy atom. The highest BCUT2D eigenvalue weighted by atomic mass is 16.5. The summed E-state index contributed by atoms with van der Waals surface area (Å²) in [7, 11) is 3.19. The van der Waals surface area contributed by atoms with Crippen molar-refractivity contribution in [1.29, 1.82) is 0 Å². The van der Waals surface area contributed by atoms with E-state index in [4.69, 9.17) is 4.74 Å². The van der Waals surface area contributed by atoms with Gasteiger partial charge in [-0.3, -0.25) is 9.20 Å². The first-order chi connectivity index (χ1) is 15.9. The molecule has 0 saturated heterocycles. The van der Waals surface area contributed by atoms with E-state index < -0.39 is 0 Å². The van der Waals surface area contributed by atoms with Gasteiger partial charge < -0.3 is 15.4 Å². The zero-order valence-corrected chi connectivity index (χ0v) is 19.3. The summed E-state index contributed by atoms with van der Waals surface area (Å²) >= 11 is 0. The lowest BCUT2D eigenvalue weighted by atomic mass is 9.76. The SMILES string of the molecule is CNC(=O)c1cnc2ncc(-c3ccn4nc(NC5CCC(C)(C)CC5)nc(OC)c34)cn12. The molecule has 0 radical (unpaired) electrons. The third kappa shape index (κ3) is 3.85. The van der Waals surface area contributed by atoms with E-state index in [1.54, 1.807) is 29.3 Å². The molecule has 4 aromatic heterocycles. The second-order valence-electron chi connectivity index (χ2n) is 9.29. The van der Waals surface area contributed by atoms with Gasteiger partial charge in [0.2, 0.25) is 17.6 Å². The third-order valence-corrected chi connectivity index (χ3v) is 6.48. The van der Waals surface area contributed by atoms with Crippen molar-refractivity contribution in [2.45, 2.75) is 45.6 Å². The van der Waals surface area contributed by atoms with Gasteiger partial charge in [-0.1, -0.05) is 13.8 Å². The highest BCUT2D eigenvalue weighted by Crippen LogP contribution is 2.36. The monoisotopic (exact) mass is 448 g/mol. The lowest BCUT2D eigenvalue weighted by Gasteiger charge is -2.34. The molecule has 1 aliphatic carbocycles. The molecule has 1 fully saturated rings. The number of hydrogen-bond donors (Lipinski definition) is 2. The van der Waals surface area contributed by atoms with E-state index >= 15 is 0 Å². The normalized spacial score (nSPS) is 16.2. The number of carbonyl (C=O) groups is 1. The van der Waals surface area contributed by atoms with Crippen molar-refractivity contribution < 1.29 is 9.53 Å². The molecular weight excluding hydrogens is 420 g/mol. The van der Waals surface area contributed by atoms with Crippen molar-refractivity contribution in [2.24, 2.45) is 5.41 Å². The molecular formula is C23H28N8O2. The average molecular weight is 449 g/mol. The zero-order chi connectivity index (χ0) is 23.2. The third-order valence-electron chi connectivity index (χ3n) is 6.48. The van der Waals surface area contributed by atoms with Crippen molar-refractivity contribution in [3.63, 3.8) is 0 Å². The van der Waals surface area contributed by atoms with Crippen LogP contribution >= 0.6 is 0 Å². The number of anilines is 1. The van der Waals surface area contributed by atoms with Crippen LogP contribution in [-0.2, 0) is 0 Å². The Hall–Kier alpha value is -3.69. The van der Waals surface area contributed by atoms with Gasteiger partial charge in [0, 0.05) is 42.8 Å². The minimum Gasteiger partial charge on any atom is -0.479 e. The quantitative estimate of drug-likeness (QED) is 0.482. The molecule has 10 nitrogen and oxygen atoms in total. The summed E-state index contributed by atoms with van der Waals surface area (Å²) in [5.41, 5.74) is 3.19. The van der Waals surface area contributed by atoms with Crippen LogP contribution in [0.25, 0.3) is 22.4 Å². The van der Waals surface area contributed by atoms with E-state index in [0.29, 0.717) is 34.8 Å². The summed E-state index contributed by atoms with van der Waals surface area (Å²) in [6.07, 6.45) is 11.5. The van der Waals surface area contributed by atoms with Crippen molar-refractivity contribution in [3.8, 4) is 17.0 Å². The molecule has 1 aliphatic rings. The fourth-order valence-corrected chi connectivity index (χ4v) is 4.46. The van der Waals surface area contributed by atoms with Crippen LogP contribution in [0.4, 0.5) is 5.95 Å². The summed E-state index contributed by atoms with van der Waals surface area (Å²) in [5, 5.41) is 10.8. The van der Waals surface area contributed by atoms with E-state index in [1.165, 1.54) is 19.0 Å². The number of nitrogens with one attached hydrogen (secondary N) is 2. The van der Waals surface area contributed by atoms with Crippen LogP contribution in [-0.4, -0.2) is 55.1 Å². The van der Waals surface area contributed by atoms with E-state index in [-0.39, 0.29) is 5.91 Å². The van der Waals surface area contributed by atoms with Crippen LogP contribution in [0.2, 0.25) is 0 Å². The van der Waals surface area contributed by atoms with Crippen LogP contribution in [0.5, 0.6) is 5.88 Å². The molecule has 4 aromatic rings. The van der Waals surface area contributed by atoms with Gasteiger partial charge in [0.15, 0.2) is 0 Å². The van der Waals surface area contributed by atoms with Gasteiger partial charge in [-0.05, 0) is 37.2 Å². The van der Waals surface area contributed by atoms with E-state index in [9.17, 15) is 4.79 Å². The number of rotatable bonds is 5. The molecule has 2 N–H and O–H groups in total. The summed E-state index contributed by atoms with van der Waals surface area (Å²) in [5.74, 6) is 1.24. The molecule has 33 heavy (non-hydrogen) atoms. The fourth-order valence-electron chi connectivity index (χ4n) is 4.46. The number of ether oxygens (including phenoxy) is 1. The second-order valence-corrected chi connectivity index (χ2v) is 9.29. The molecule has 4 heterocycles. The topological polar surface area (TPSA) is 111 Å². The largest absolute Gasteiger partial charge is 0.479 e. The number of methoxy groups -OCH3 is 1. The van der Waals surface area contributed by atoms with Gasteiger partial charge in [-0.25, -0.2) is 14.5 Å². The van der Waals surface area contributed by atoms with Crippen LogP contribution in [0.1, 0.15) is 50.0 Å². The number of fused-ring (bicyclic) bond motifs is 2. The minimum absolute atomic E-state index is 0.231. The number of hydrogen-bond acceptors (Lipinski definition) is 7. The van der Waals surface area contributed by atoms with Crippen LogP contribution in [0.3, 0.4) is 0 Å². The molecule has 0 atom stereocenters. The molecule has 0 spiro atoms. The standard InChI is InChI=1S/C23H28N8O2/c1-23(2)8-5-15(6-9-23)27-21-28-20(33-4)18-16(7-10-31(18)29-21)14-11-25-22-26-12-17(19(32)24-3)30(22)13-14/h7,10-13,15H,5-6,8-9H2,1-4H3,(H,24,32)(H,27,29). The molecule has 1 saturated carbocycles. The maximum atomic E-state index is 12.2. The Kier molecular flexibility index (Phi) is 5.15. The Morgan fingerprint density at radius 3 is 2.70 bits per heavy atom. The highest BCUT2D eigenvalue weighted by molar-refractivity contribution is 5.93. The average Bonchev–Trinajstić information content (AvgIpc) is 3.43. The van der Waals surface area contributed by atoms with Gasteiger partial charge >= 0.3 is 0 Å². The van der Waals surface area contributed by atoms with Crippen molar-refractivity contribution >= 4 is 23.1 Å². The van der Waals surface area contributed by atoms with Crippen LogP contribution < -0.4 is 15.4 Å². The Balaban J connectivity index is 1.51. The van der Waals surface area contributed by atoms with Gasteiger partial charge in [-0.15, -0.1) is 5.10 Å². The number of imidazole rings is 1. The highest BCUT2D eigenvalue weighted by Gasteiger charge is 2.27. The predicted octanol–water partition coefficient (Wildman–Crippen LogP) is 3.19. The number of nitrogens with zero attached hydrogens (tertiary/aromatic N) is 6. The van der Waals surface area contributed by atoms with Crippen LogP contribution in [0.15, 0.2) is 30.9 Å². The first-order valence-electron chi connectivity index (χ1n) is 11.1. The van der Waals surface area contributed by atoms with Gasteiger partial charge in [-0.2, -0.15) is 4.98 Å². The van der Waals surface area contributed by atoms with Crippen molar-refractivity contribution in [1.82, 2.24) is 34.3 Å². The molecule has 172 valence electrons. The van der Waals surface area contributed by atoms with E-state index in [1.807, 2.05) is 18.5 Å². The first kappa shape index (κ1) is 21.2. The minimum atomic E-state index is -0.231. The summed E-state index contributed by atoms with van der Waals surface area (Å²) in [6.45, 7) is 4.65.